The summed E-state index contributed by atoms with van der Waals surface area (Å²) in [6, 6.07) is 20.1. The van der Waals surface area contributed by atoms with E-state index in [4.69, 9.17) is 9.47 Å². The number of hydrogen-bond acceptors (Lipinski definition) is 2. The molecule has 0 aliphatic heterocycles. The fourth-order valence-corrected chi connectivity index (χ4v) is 4.81. The molecule has 0 radical (unpaired) electrons. The molecule has 40 heavy (non-hydrogen) atoms. The zero-order valence-electron chi connectivity index (χ0n) is 27.0. The molecule has 3 rings (SSSR count). The third-order valence-corrected chi connectivity index (χ3v) is 8.00. The summed E-state index contributed by atoms with van der Waals surface area (Å²) in [5, 5.41) is 0.738. The highest BCUT2D eigenvalue weighted by Gasteiger charge is 2.22. The monoisotopic (exact) mass is 606 g/mol. The van der Waals surface area contributed by atoms with Gasteiger partial charge in [-0.05, 0) is 72.7 Å². The summed E-state index contributed by atoms with van der Waals surface area (Å²) in [7, 11) is 0. The second-order valence-electron chi connectivity index (χ2n) is 15.4. The van der Waals surface area contributed by atoms with Crippen LogP contribution in [0, 0.1) is 0 Å². The molecule has 0 aromatic heterocycles. The first kappa shape index (κ1) is 32.3. The molecule has 0 aliphatic rings. The number of alkyl halides is 1. The number of halogens is 1. The molecule has 0 saturated heterocycles. The molecule has 3 aromatic carbocycles. The lowest BCUT2D eigenvalue weighted by Gasteiger charge is -2.26. The van der Waals surface area contributed by atoms with Gasteiger partial charge < -0.3 is 9.47 Å². The maximum atomic E-state index is 6.39. The van der Waals surface area contributed by atoms with Crippen LogP contribution in [0.5, 0.6) is 11.5 Å². The van der Waals surface area contributed by atoms with Gasteiger partial charge in [-0.3, -0.25) is 0 Å². The molecular weight excluding hydrogens is 556 g/mol. The summed E-state index contributed by atoms with van der Waals surface area (Å²) >= 11 is 3.63. The lowest BCUT2D eigenvalue weighted by molar-refractivity contribution is 0.289. The molecule has 0 saturated carbocycles. The van der Waals surface area contributed by atoms with Crippen LogP contribution < -0.4 is 9.47 Å². The zero-order valence-corrected chi connectivity index (χ0v) is 28.6. The molecule has 0 spiro atoms. The van der Waals surface area contributed by atoms with Crippen LogP contribution in [0.15, 0.2) is 54.6 Å². The van der Waals surface area contributed by atoms with Crippen molar-refractivity contribution >= 4 is 15.9 Å². The van der Waals surface area contributed by atoms with Gasteiger partial charge in [0.1, 0.15) is 24.7 Å². The van der Waals surface area contributed by atoms with E-state index in [-0.39, 0.29) is 21.7 Å². The summed E-state index contributed by atoms with van der Waals surface area (Å²) in [6.07, 6.45) is 0. The number of hydrogen-bond donors (Lipinski definition) is 0. The first-order valence-corrected chi connectivity index (χ1v) is 15.6. The molecule has 0 aliphatic carbocycles. The molecule has 0 bridgehead atoms. The van der Waals surface area contributed by atoms with Gasteiger partial charge in [0, 0.05) is 11.4 Å². The average Bonchev–Trinajstić information content (AvgIpc) is 2.83. The number of benzene rings is 3. The first-order chi connectivity index (χ1) is 18.3. The molecule has 218 valence electrons. The molecule has 0 unspecified atom stereocenters. The van der Waals surface area contributed by atoms with Crippen molar-refractivity contribution in [1.82, 2.24) is 0 Å². The molecular formula is C37H51BrO2. The summed E-state index contributed by atoms with van der Waals surface area (Å²) in [5.74, 6) is 1.65. The minimum absolute atomic E-state index is 0.0735. The van der Waals surface area contributed by atoms with E-state index >= 15 is 0 Å². The third-order valence-electron chi connectivity index (χ3n) is 7.35. The fraction of sp³-hybridized carbons (Fsp3) is 0.514. The summed E-state index contributed by atoms with van der Waals surface area (Å²) in [5.41, 5.74) is 9.16. The van der Waals surface area contributed by atoms with Gasteiger partial charge >= 0.3 is 0 Å². The van der Waals surface area contributed by atoms with E-state index in [1.54, 1.807) is 0 Å². The van der Waals surface area contributed by atoms with Crippen molar-refractivity contribution in [2.45, 2.75) is 123 Å². The number of ether oxygens (including phenoxy) is 2. The van der Waals surface area contributed by atoms with Gasteiger partial charge in [-0.25, -0.2) is 0 Å². The van der Waals surface area contributed by atoms with Crippen LogP contribution in [0.1, 0.15) is 122 Å². The standard InChI is InChI=1S/C37H51BrO2/c1-34(2,3)28-13-26(14-29(19-28)35(4,5)6)23-39-32-17-25(22-38)18-33(21-32)40-24-27-15-30(36(7,8)9)20-31(16-27)37(10,11)12/h13-21H,22-24H2,1-12H3. The Morgan fingerprint density at radius 1 is 0.425 bits per heavy atom. The van der Waals surface area contributed by atoms with Gasteiger partial charge in [0.15, 0.2) is 0 Å². The second kappa shape index (κ2) is 11.9. The lowest BCUT2D eigenvalue weighted by atomic mass is 9.79. The van der Waals surface area contributed by atoms with Crippen molar-refractivity contribution in [2.24, 2.45) is 0 Å². The Morgan fingerprint density at radius 3 is 0.975 bits per heavy atom. The molecule has 3 heteroatoms. The van der Waals surface area contributed by atoms with Gasteiger partial charge in [0.05, 0.1) is 0 Å². The van der Waals surface area contributed by atoms with Crippen LogP contribution in [-0.2, 0) is 40.2 Å². The van der Waals surface area contributed by atoms with Gasteiger partial charge in [-0.1, -0.05) is 135 Å². The van der Waals surface area contributed by atoms with E-state index in [9.17, 15) is 0 Å². The zero-order chi connectivity index (χ0) is 30.1. The maximum absolute atomic E-state index is 6.39. The first-order valence-electron chi connectivity index (χ1n) is 14.5. The Morgan fingerprint density at radius 2 is 0.725 bits per heavy atom. The molecule has 2 nitrogen and oxygen atoms in total. The Balaban J connectivity index is 1.85. The van der Waals surface area contributed by atoms with E-state index in [0.29, 0.717) is 13.2 Å². The molecule has 3 aromatic rings. The van der Waals surface area contributed by atoms with Crippen molar-refractivity contribution in [1.29, 1.82) is 0 Å². The Kier molecular flexibility index (Phi) is 9.61. The van der Waals surface area contributed by atoms with Crippen molar-refractivity contribution < 1.29 is 9.47 Å². The fourth-order valence-electron chi connectivity index (χ4n) is 4.49. The Hall–Kier alpha value is -2.26. The van der Waals surface area contributed by atoms with Gasteiger partial charge in [0.2, 0.25) is 0 Å². The van der Waals surface area contributed by atoms with Crippen LogP contribution in [0.4, 0.5) is 0 Å². The van der Waals surface area contributed by atoms with Crippen molar-refractivity contribution in [2.75, 3.05) is 0 Å². The summed E-state index contributed by atoms with van der Waals surface area (Å²) in [6.45, 7) is 28.2. The van der Waals surface area contributed by atoms with Gasteiger partial charge in [0.25, 0.3) is 0 Å². The summed E-state index contributed by atoms with van der Waals surface area (Å²) < 4.78 is 12.8. The van der Waals surface area contributed by atoms with E-state index < -0.39 is 0 Å². The van der Waals surface area contributed by atoms with Crippen LogP contribution in [0.3, 0.4) is 0 Å². The quantitative estimate of drug-likeness (QED) is 0.249. The highest BCUT2D eigenvalue weighted by molar-refractivity contribution is 9.08. The van der Waals surface area contributed by atoms with Crippen LogP contribution in [-0.4, -0.2) is 0 Å². The minimum atomic E-state index is 0.0735. The van der Waals surface area contributed by atoms with E-state index in [1.807, 2.05) is 6.07 Å². The van der Waals surface area contributed by atoms with Gasteiger partial charge in [-0.15, -0.1) is 0 Å². The predicted octanol–water partition coefficient (Wildman–Crippen LogP) is 10.9. The molecule has 0 atom stereocenters. The maximum Gasteiger partial charge on any atom is 0.123 e. The Labute approximate surface area is 253 Å². The average molecular weight is 608 g/mol. The summed E-state index contributed by atoms with van der Waals surface area (Å²) in [4.78, 5) is 0. The van der Waals surface area contributed by atoms with E-state index in [0.717, 1.165) is 22.4 Å². The SMILES string of the molecule is CC(C)(C)c1cc(COc2cc(CBr)cc(OCc3cc(C(C)(C)C)cc(C(C)(C)C)c3)c2)cc(C(C)(C)C)c1. The van der Waals surface area contributed by atoms with Crippen LogP contribution >= 0.6 is 15.9 Å². The highest BCUT2D eigenvalue weighted by atomic mass is 79.9. The largest absolute Gasteiger partial charge is 0.489 e. The van der Waals surface area contributed by atoms with Crippen molar-refractivity contribution in [3.8, 4) is 11.5 Å². The molecule has 0 N–H and O–H groups in total. The smallest absolute Gasteiger partial charge is 0.123 e. The lowest BCUT2D eigenvalue weighted by Crippen LogP contribution is -2.17. The van der Waals surface area contributed by atoms with Crippen LogP contribution in [0.25, 0.3) is 0 Å². The van der Waals surface area contributed by atoms with E-state index in [2.05, 4.69) is 148 Å². The second-order valence-corrected chi connectivity index (χ2v) is 15.9. The Bertz CT molecular complexity index is 1150. The normalized spacial score (nSPS) is 12.9. The van der Waals surface area contributed by atoms with Crippen molar-refractivity contribution in [3.05, 3.63) is 93.5 Å². The minimum Gasteiger partial charge on any atom is -0.489 e. The predicted molar refractivity (Wildman–Crippen MR) is 175 cm³/mol. The molecule has 0 amide bonds. The third kappa shape index (κ3) is 8.87. The molecule has 0 fully saturated rings. The topological polar surface area (TPSA) is 18.5 Å². The van der Waals surface area contributed by atoms with Crippen molar-refractivity contribution in [3.63, 3.8) is 0 Å². The van der Waals surface area contributed by atoms with Crippen LogP contribution in [0.2, 0.25) is 0 Å². The number of rotatable bonds is 7. The highest BCUT2D eigenvalue weighted by Crippen LogP contribution is 2.33. The van der Waals surface area contributed by atoms with E-state index in [1.165, 1.54) is 33.4 Å². The van der Waals surface area contributed by atoms with Gasteiger partial charge in [-0.2, -0.15) is 0 Å². The molecule has 0 heterocycles.